The van der Waals surface area contributed by atoms with Crippen LogP contribution in [0.15, 0.2) is 36.4 Å². The third-order valence-electron chi connectivity index (χ3n) is 2.49. The summed E-state index contributed by atoms with van der Waals surface area (Å²) >= 11 is 0. The highest BCUT2D eigenvalue weighted by Crippen LogP contribution is 2.17. The second kappa shape index (κ2) is 5.06. The highest BCUT2D eigenvalue weighted by molar-refractivity contribution is 5.59. The van der Waals surface area contributed by atoms with Gasteiger partial charge in [0.25, 0.3) is 0 Å². The first-order valence-corrected chi connectivity index (χ1v) is 5.80. The standard InChI is InChI=1S/C14H17N3/c1-10(15)8-13-9-14(17-11(2)16-13)12-6-4-3-5-7-12/h3-7,9-10H,8,15H2,1-2H3. The van der Waals surface area contributed by atoms with Crippen LogP contribution in [-0.4, -0.2) is 16.0 Å². The highest BCUT2D eigenvalue weighted by Gasteiger charge is 2.05. The molecule has 1 aromatic heterocycles. The number of hydrogen-bond acceptors (Lipinski definition) is 3. The minimum atomic E-state index is 0.118. The largest absolute Gasteiger partial charge is 0.328 e. The van der Waals surface area contributed by atoms with Crippen LogP contribution in [0.25, 0.3) is 11.3 Å². The lowest BCUT2D eigenvalue weighted by molar-refractivity contribution is 0.716. The van der Waals surface area contributed by atoms with Crippen molar-refractivity contribution in [1.29, 1.82) is 0 Å². The fraction of sp³-hybridized carbons (Fsp3) is 0.286. The monoisotopic (exact) mass is 227 g/mol. The summed E-state index contributed by atoms with van der Waals surface area (Å²) in [5.74, 6) is 0.794. The molecule has 2 N–H and O–H groups in total. The van der Waals surface area contributed by atoms with E-state index in [1.807, 2.05) is 38.1 Å². The van der Waals surface area contributed by atoms with Gasteiger partial charge in [-0.2, -0.15) is 0 Å². The molecule has 1 unspecified atom stereocenters. The zero-order valence-corrected chi connectivity index (χ0v) is 10.2. The molecule has 1 atom stereocenters. The number of nitrogens with zero attached hydrogens (tertiary/aromatic N) is 2. The van der Waals surface area contributed by atoms with E-state index in [0.717, 1.165) is 29.2 Å². The lowest BCUT2D eigenvalue weighted by Gasteiger charge is -2.08. The van der Waals surface area contributed by atoms with E-state index in [4.69, 9.17) is 5.73 Å². The molecule has 2 aromatic rings. The van der Waals surface area contributed by atoms with Gasteiger partial charge in [-0.3, -0.25) is 0 Å². The molecule has 0 aliphatic carbocycles. The Hall–Kier alpha value is -1.74. The van der Waals surface area contributed by atoms with Crippen molar-refractivity contribution in [2.24, 2.45) is 5.73 Å². The Labute approximate surface area is 102 Å². The van der Waals surface area contributed by atoms with Crippen LogP contribution in [0.3, 0.4) is 0 Å². The summed E-state index contributed by atoms with van der Waals surface area (Å²) in [4.78, 5) is 8.87. The Morgan fingerprint density at radius 1 is 1.18 bits per heavy atom. The first-order valence-electron chi connectivity index (χ1n) is 5.80. The van der Waals surface area contributed by atoms with E-state index in [2.05, 4.69) is 22.1 Å². The highest BCUT2D eigenvalue weighted by atomic mass is 14.9. The fourth-order valence-corrected chi connectivity index (χ4v) is 1.82. The Kier molecular flexibility index (Phi) is 3.49. The third kappa shape index (κ3) is 3.11. The Morgan fingerprint density at radius 3 is 2.53 bits per heavy atom. The summed E-state index contributed by atoms with van der Waals surface area (Å²) < 4.78 is 0. The van der Waals surface area contributed by atoms with Gasteiger partial charge in [0, 0.05) is 23.7 Å². The van der Waals surface area contributed by atoms with Crippen LogP contribution in [-0.2, 0) is 6.42 Å². The van der Waals surface area contributed by atoms with Crippen LogP contribution in [0.1, 0.15) is 18.4 Å². The fourth-order valence-electron chi connectivity index (χ4n) is 1.82. The predicted octanol–water partition coefficient (Wildman–Crippen LogP) is 2.34. The first-order chi connectivity index (χ1) is 8.15. The van der Waals surface area contributed by atoms with Gasteiger partial charge in [-0.25, -0.2) is 9.97 Å². The number of rotatable bonds is 3. The van der Waals surface area contributed by atoms with Gasteiger partial charge in [-0.05, 0) is 19.9 Å². The zero-order chi connectivity index (χ0) is 12.3. The second-order valence-electron chi connectivity index (χ2n) is 4.34. The molecule has 0 bridgehead atoms. The molecular weight excluding hydrogens is 210 g/mol. The van der Waals surface area contributed by atoms with Gasteiger partial charge >= 0.3 is 0 Å². The summed E-state index contributed by atoms with van der Waals surface area (Å²) in [5, 5.41) is 0. The smallest absolute Gasteiger partial charge is 0.126 e. The Bertz CT molecular complexity index is 492. The molecule has 17 heavy (non-hydrogen) atoms. The van der Waals surface area contributed by atoms with E-state index >= 15 is 0 Å². The van der Waals surface area contributed by atoms with Gasteiger partial charge < -0.3 is 5.73 Å². The molecular formula is C14H17N3. The number of aryl methyl sites for hydroxylation is 1. The van der Waals surface area contributed by atoms with E-state index in [-0.39, 0.29) is 6.04 Å². The first kappa shape index (κ1) is 11.7. The SMILES string of the molecule is Cc1nc(CC(C)N)cc(-c2ccccc2)n1. The van der Waals surface area contributed by atoms with Crippen LogP contribution in [0.2, 0.25) is 0 Å². The summed E-state index contributed by atoms with van der Waals surface area (Å²) in [6.07, 6.45) is 0.781. The van der Waals surface area contributed by atoms with Crippen LogP contribution >= 0.6 is 0 Å². The molecule has 1 aromatic carbocycles. The van der Waals surface area contributed by atoms with Crippen molar-refractivity contribution < 1.29 is 0 Å². The quantitative estimate of drug-likeness (QED) is 0.875. The molecule has 3 nitrogen and oxygen atoms in total. The summed E-state index contributed by atoms with van der Waals surface area (Å²) in [6.45, 7) is 3.90. The normalized spacial score (nSPS) is 12.4. The Morgan fingerprint density at radius 2 is 1.88 bits per heavy atom. The molecule has 88 valence electrons. The van der Waals surface area contributed by atoms with Gasteiger partial charge in [0.2, 0.25) is 0 Å². The molecule has 0 radical (unpaired) electrons. The van der Waals surface area contributed by atoms with Crippen molar-refractivity contribution in [2.45, 2.75) is 26.3 Å². The molecule has 0 spiro atoms. The van der Waals surface area contributed by atoms with Crippen LogP contribution < -0.4 is 5.73 Å². The third-order valence-corrected chi connectivity index (χ3v) is 2.49. The van der Waals surface area contributed by atoms with E-state index < -0.39 is 0 Å². The maximum atomic E-state index is 5.80. The number of benzene rings is 1. The van der Waals surface area contributed by atoms with E-state index in [9.17, 15) is 0 Å². The minimum absolute atomic E-state index is 0.118. The van der Waals surface area contributed by atoms with Gasteiger partial charge in [0.15, 0.2) is 0 Å². The maximum Gasteiger partial charge on any atom is 0.126 e. The molecule has 0 saturated heterocycles. The summed E-state index contributed by atoms with van der Waals surface area (Å²) in [5.41, 5.74) is 8.89. The molecule has 0 aliphatic rings. The number of hydrogen-bond donors (Lipinski definition) is 1. The van der Waals surface area contributed by atoms with Crippen molar-refractivity contribution in [2.75, 3.05) is 0 Å². The van der Waals surface area contributed by atoms with Gasteiger partial charge in [-0.15, -0.1) is 0 Å². The van der Waals surface area contributed by atoms with Crippen LogP contribution in [0.4, 0.5) is 0 Å². The van der Waals surface area contributed by atoms with Crippen LogP contribution in [0.5, 0.6) is 0 Å². The van der Waals surface area contributed by atoms with Crippen molar-refractivity contribution >= 4 is 0 Å². The van der Waals surface area contributed by atoms with Crippen molar-refractivity contribution in [1.82, 2.24) is 9.97 Å². The molecule has 2 rings (SSSR count). The van der Waals surface area contributed by atoms with Crippen molar-refractivity contribution in [3.63, 3.8) is 0 Å². The lowest BCUT2D eigenvalue weighted by Crippen LogP contribution is -2.19. The van der Waals surface area contributed by atoms with E-state index in [1.54, 1.807) is 0 Å². The molecule has 3 heteroatoms. The molecule has 0 saturated carbocycles. The average Bonchev–Trinajstić information content (AvgIpc) is 2.28. The van der Waals surface area contributed by atoms with Gasteiger partial charge in [-0.1, -0.05) is 30.3 Å². The second-order valence-corrected chi connectivity index (χ2v) is 4.34. The van der Waals surface area contributed by atoms with Gasteiger partial charge in [0.1, 0.15) is 5.82 Å². The van der Waals surface area contributed by atoms with Crippen molar-refractivity contribution in [3.8, 4) is 11.3 Å². The average molecular weight is 227 g/mol. The minimum Gasteiger partial charge on any atom is -0.328 e. The lowest BCUT2D eigenvalue weighted by atomic mass is 10.1. The molecule has 1 heterocycles. The number of nitrogens with two attached hydrogens (primary N) is 1. The summed E-state index contributed by atoms with van der Waals surface area (Å²) in [6, 6.07) is 12.3. The maximum absolute atomic E-state index is 5.80. The topological polar surface area (TPSA) is 51.8 Å². The molecule has 0 fully saturated rings. The molecule has 0 aliphatic heterocycles. The summed E-state index contributed by atoms with van der Waals surface area (Å²) in [7, 11) is 0. The molecule has 0 amide bonds. The van der Waals surface area contributed by atoms with Crippen LogP contribution in [0, 0.1) is 6.92 Å². The Balaban J connectivity index is 2.38. The van der Waals surface area contributed by atoms with E-state index in [1.165, 1.54) is 0 Å². The predicted molar refractivity (Wildman–Crippen MR) is 69.6 cm³/mol. The van der Waals surface area contributed by atoms with Gasteiger partial charge in [0.05, 0.1) is 5.69 Å². The van der Waals surface area contributed by atoms with Crippen molar-refractivity contribution in [3.05, 3.63) is 47.9 Å². The zero-order valence-electron chi connectivity index (χ0n) is 10.2. The van der Waals surface area contributed by atoms with E-state index in [0.29, 0.717) is 0 Å². The number of aromatic nitrogens is 2.